The number of carbonyl (C=O) groups excluding carboxylic acids is 1. The zero-order valence-electron chi connectivity index (χ0n) is 13.1. The molecule has 0 heterocycles. The zero-order chi connectivity index (χ0) is 18.3. The number of sulfonamides is 1. The molecule has 0 aliphatic heterocycles. The van der Waals surface area contributed by atoms with E-state index in [9.17, 15) is 23.3 Å². The highest BCUT2D eigenvalue weighted by Gasteiger charge is 2.38. The molecule has 9 heteroatoms. The van der Waals surface area contributed by atoms with Gasteiger partial charge in [-0.15, -0.1) is 13.2 Å². The Morgan fingerprint density at radius 2 is 2.00 bits per heavy atom. The summed E-state index contributed by atoms with van der Waals surface area (Å²) in [7, 11) is -3.22. The van der Waals surface area contributed by atoms with Crippen molar-refractivity contribution < 1.29 is 22.9 Å². The number of hydrogen-bond donors (Lipinski definition) is 0. The van der Waals surface area contributed by atoms with Gasteiger partial charge in [0.15, 0.2) is 4.90 Å². The van der Waals surface area contributed by atoms with Gasteiger partial charge < -0.3 is 4.74 Å². The lowest BCUT2D eigenvalue weighted by Crippen LogP contribution is -2.45. The molecule has 1 aromatic rings. The maximum Gasteiger partial charge on any atom is 0.324 e. The van der Waals surface area contributed by atoms with Crippen molar-refractivity contribution in [1.82, 2.24) is 4.31 Å². The summed E-state index contributed by atoms with van der Waals surface area (Å²) < 4.78 is 31.3. The average Bonchev–Trinajstić information content (AvgIpc) is 2.57. The van der Waals surface area contributed by atoms with Crippen molar-refractivity contribution in [3.63, 3.8) is 0 Å². The summed E-state index contributed by atoms with van der Waals surface area (Å²) >= 11 is 0. The van der Waals surface area contributed by atoms with Crippen LogP contribution in [0.4, 0.5) is 5.69 Å². The molecule has 0 fully saturated rings. The van der Waals surface area contributed by atoms with E-state index in [1.54, 1.807) is 0 Å². The topological polar surface area (TPSA) is 107 Å². The van der Waals surface area contributed by atoms with Gasteiger partial charge in [-0.1, -0.05) is 24.3 Å². The van der Waals surface area contributed by atoms with Gasteiger partial charge in [-0.25, -0.2) is 8.42 Å². The highest BCUT2D eigenvalue weighted by Crippen LogP contribution is 2.28. The molecule has 0 N–H and O–H groups in total. The van der Waals surface area contributed by atoms with Crippen LogP contribution in [0.3, 0.4) is 0 Å². The van der Waals surface area contributed by atoms with Crippen LogP contribution >= 0.6 is 0 Å². The van der Waals surface area contributed by atoms with Gasteiger partial charge in [0.05, 0.1) is 12.0 Å². The average molecular weight is 354 g/mol. The van der Waals surface area contributed by atoms with Crippen molar-refractivity contribution in [2.24, 2.45) is 0 Å². The predicted octanol–water partition coefficient (Wildman–Crippen LogP) is 1.89. The smallest absolute Gasteiger partial charge is 0.324 e. The van der Waals surface area contributed by atoms with E-state index in [-0.39, 0.29) is 13.0 Å². The highest BCUT2D eigenvalue weighted by molar-refractivity contribution is 7.89. The Hall–Kier alpha value is -2.52. The Balaban J connectivity index is 3.52. The fraction of sp³-hybridized carbons (Fsp3) is 0.267. The number of para-hydroxylation sites is 1. The van der Waals surface area contributed by atoms with Gasteiger partial charge in [-0.2, -0.15) is 4.31 Å². The lowest BCUT2D eigenvalue weighted by Gasteiger charge is -2.27. The lowest BCUT2D eigenvalue weighted by molar-refractivity contribution is -0.387. The third-order valence-corrected chi connectivity index (χ3v) is 5.09. The van der Waals surface area contributed by atoms with E-state index in [1.165, 1.54) is 24.3 Å². The fourth-order valence-electron chi connectivity index (χ4n) is 2.10. The van der Waals surface area contributed by atoms with Gasteiger partial charge in [-0.3, -0.25) is 14.9 Å². The minimum absolute atomic E-state index is 0.0135. The fourth-order valence-corrected chi connectivity index (χ4v) is 3.82. The second kappa shape index (κ2) is 8.37. The Kier molecular flexibility index (Phi) is 6.81. The molecule has 1 atom stereocenters. The van der Waals surface area contributed by atoms with E-state index >= 15 is 0 Å². The van der Waals surface area contributed by atoms with Crippen LogP contribution in [0.2, 0.25) is 0 Å². The Morgan fingerprint density at radius 1 is 1.38 bits per heavy atom. The molecule has 130 valence electrons. The summed E-state index contributed by atoms with van der Waals surface area (Å²) in [4.78, 5) is 21.8. The monoisotopic (exact) mass is 354 g/mol. The van der Waals surface area contributed by atoms with E-state index in [4.69, 9.17) is 0 Å². The number of nitro benzene ring substituents is 1. The summed E-state index contributed by atoms with van der Waals surface area (Å²) in [6.45, 7) is 6.75. The number of rotatable bonds is 9. The normalized spacial score (nSPS) is 12.4. The summed E-state index contributed by atoms with van der Waals surface area (Å²) in [5, 5.41) is 11.1. The molecule has 0 unspecified atom stereocenters. The van der Waals surface area contributed by atoms with Crippen molar-refractivity contribution >= 4 is 21.7 Å². The number of ether oxygens (including phenoxy) is 1. The van der Waals surface area contributed by atoms with Gasteiger partial charge in [0.1, 0.15) is 6.04 Å². The SMILES string of the molecule is C=CC[C@@H](C(=O)OC)N(CC=C)S(=O)(=O)c1ccccc1[N+](=O)[O-]. The summed E-state index contributed by atoms with van der Waals surface area (Å²) in [6.07, 6.45) is 2.64. The third-order valence-electron chi connectivity index (χ3n) is 3.17. The first kappa shape index (κ1) is 19.5. The van der Waals surface area contributed by atoms with Crippen LogP contribution in [-0.2, 0) is 19.6 Å². The molecule has 8 nitrogen and oxygen atoms in total. The van der Waals surface area contributed by atoms with Crippen molar-refractivity contribution in [2.45, 2.75) is 17.4 Å². The van der Waals surface area contributed by atoms with Crippen LogP contribution < -0.4 is 0 Å². The first-order chi connectivity index (χ1) is 11.3. The molecular formula is C15H18N2O6S. The van der Waals surface area contributed by atoms with Gasteiger partial charge in [0.2, 0.25) is 0 Å². The molecule has 1 rings (SSSR count). The van der Waals surface area contributed by atoms with Crippen LogP contribution in [0.25, 0.3) is 0 Å². The lowest BCUT2D eigenvalue weighted by atomic mass is 10.2. The Labute approximate surface area is 140 Å². The minimum Gasteiger partial charge on any atom is -0.468 e. The summed E-state index contributed by atoms with van der Waals surface area (Å²) in [6, 6.07) is 3.73. The van der Waals surface area contributed by atoms with E-state index in [0.29, 0.717) is 0 Å². The molecule has 0 saturated carbocycles. The summed E-state index contributed by atoms with van der Waals surface area (Å²) in [5.74, 6) is -0.793. The molecule has 0 amide bonds. The number of methoxy groups -OCH3 is 1. The Bertz CT molecular complexity index is 744. The van der Waals surface area contributed by atoms with E-state index in [2.05, 4.69) is 17.9 Å². The first-order valence-corrected chi connectivity index (χ1v) is 8.30. The van der Waals surface area contributed by atoms with Crippen molar-refractivity contribution in [3.05, 3.63) is 59.7 Å². The van der Waals surface area contributed by atoms with Crippen molar-refractivity contribution in [2.75, 3.05) is 13.7 Å². The second-order valence-electron chi connectivity index (χ2n) is 4.65. The Morgan fingerprint density at radius 3 is 2.50 bits per heavy atom. The van der Waals surface area contributed by atoms with Crippen LogP contribution in [0.15, 0.2) is 54.5 Å². The second-order valence-corrected chi connectivity index (χ2v) is 6.51. The number of benzene rings is 1. The largest absolute Gasteiger partial charge is 0.468 e. The number of carbonyl (C=O) groups is 1. The molecule has 0 bridgehead atoms. The number of hydrogen-bond acceptors (Lipinski definition) is 6. The molecule has 1 aromatic carbocycles. The van der Waals surface area contributed by atoms with Gasteiger partial charge >= 0.3 is 5.97 Å². The van der Waals surface area contributed by atoms with Crippen LogP contribution in [-0.4, -0.2) is 43.3 Å². The van der Waals surface area contributed by atoms with E-state index in [1.807, 2.05) is 0 Å². The van der Waals surface area contributed by atoms with Crippen LogP contribution in [0.5, 0.6) is 0 Å². The van der Waals surface area contributed by atoms with Crippen LogP contribution in [0, 0.1) is 10.1 Å². The number of esters is 1. The van der Waals surface area contributed by atoms with E-state index in [0.717, 1.165) is 23.5 Å². The van der Waals surface area contributed by atoms with Gasteiger partial charge in [0, 0.05) is 12.6 Å². The predicted molar refractivity (Wildman–Crippen MR) is 87.8 cm³/mol. The van der Waals surface area contributed by atoms with Crippen molar-refractivity contribution in [3.8, 4) is 0 Å². The molecule has 0 aliphatic carbocycles. The van der Waals surface area contributed by atoms with Gasteiger partial charge in [-0.05, 0) is 12.5 Å². The standard InChI is InChI=1S/C15H18N2O6S/c1-4-8-13(15(18)23-3)16(11-5-2)24(21,22)14-10-7-6-9-12(14)17(19)20/h4-7,9-10,13H,1-2,8,11H2,3H3/t13-/m0/s1. The maximum atomic E-state index is 12.9. The highest BCUT2D eigenvalue weighted by atomic mass is 32.2. The number of nitro groups is 1. The molecule has 0 spiro atoms. The van der Waals surface area contributed by atoms with Gasteiger partial charge in [0.25, 0.3) is 15.7 Å². The summed E-state index contributed by atoms with van der Waals surface area (Å²) in [5.41, 5.74) is -0.575. The molecule has 0 aromatic heterocycles. The minimum atomic E-state index is -4.34. The number of nitrogens with zero attached hydrogens (tertiary/aromatic N) is 2. The van der Waals surface area contributed by atoms with Crippen molar-refractivity contribution in [1.29, 1.82) is 0 Å². The molecule has 24 heavy (non-hydrogen) atoms. The molecule has 0 radical (unpaired) electrons. The molecule has 0 saturated heterocycles. The van der Waals surface area contributed by atoms with Crippen LogP contribution in [0.1, 0.15) is 6.42 Å². The molecule has 0 aliphatic rings. The molecular weight excluding hydrogens is 336 g/mol. The maximum absolute atomic E-state index is 12.9. The third kappa shape index (κ3) is 4.06. The first-order valence-electron chi connectivity index (χ1n) is 6.86. The quantitative estimate of drug-likeness (QED) is 0.290. The van der Waals surface area contributed by atoms with E-state index < -0.39 is 37.5 Å². The zero-order valence-corrected chi connectivity index (χ0v) is 13.9.